The predicted molar refractivity (Wildman–Crippen MR) is 67.6 cm³/mol. The lowest BCUT2D eigenvalue weighted by atomic mass is 10.1. The van der Waals surface area contributed by atoms with Crippen LogP contribution >= 0.6 is 11.3 Å². The van der Waals surface area contributed by atoms with E-state index in [1.165, 1.54) is 10.4 Å². The van der Waals surface area contributed by atoms with Crippen molar-refractivity contribution in [2.45, 2.75) is 12.8 Å². The van der Waals surface area contributed by atoms with Crippen molar-refractivity contribution in [3.8, 4) is 12.1 Å². The quantitative estimate of drug-likeness (QED) is 0.823. The molecule has 0 amide bonds. The van der Waals surface area contributed by atoms with E-state index in [1.807, 2.05) is 36.4 Å². The third-order valence-electron chi connectivity index (χ3n) is 2.51. The summed E-state index contributed by atoms with van der Waals surface area (Å²) in [4.78, 5) is 1.99. The van der Waals surface area contributed by atoms with Crippen molar-refractivity contribution < 1.29 is 0 Å². The molecule has 0 bridgehead atoms. The molecule has 0 atom stereocenters. The van der Waals surface area contributed by atoms with Crippen molar-refractivity contribution in [2.24, 2.45) is 0 Å². The Bertz CT molecular complexity index is 582. The molecule has 1 aromatic heterocycles. The van der Waals surface area contributed by atoms with Gasteiger partial charge in [-0.3, -0.25) is 0 Å². The summed E-state index contributed by atoms with van der Waals surface area (Å²) in [7, 11) is 0. The molecule has 0 spiro atoms. The first-order chi connectivity index (χ1) is 8.31. The summed E-state index contributed by atoms with van der Waals surface area (Å²) >= 11 is 1.55. The lowest BCUT2D eigenvalue weighted by Gasteiger charge is -1.99. The maximum absolute atomic E-state index is 8.72. The molecule has 0 unspecified atom stereocenters. The molecule has 3 heteroatoms. The molecule has 0 saturated carbocycles. The highest BCUT2D eigenvalue weighted by molar-refractivity contribution is 7.12. The zero-order valence-electron chi connectivity index (χ0n) is 9.18. The molecule has 0 saturated heterocycles. The van der Waals surface area contributed by atoms with Crippen LogP contribution in [0.3, 0.4) is 0 Å². The minimum absolute atomic E-state index is 0.691. The highest BCUT2D eigenvalue weighted by Crippen LogP contribution is 2.17. The molecule has 0 fully saturated rings. The maximum atomic E-state index is 8.72. The van der Waals surface area contributed by atoms with Gasteiger partial charge < -0.3 is 0 Å². The maximum Gasteiger partial charge on any atom is 0.110 e. The molecule has 2 rings (SSSR count). The first-order valence-electron chi connectivity index (χ1n) is 5.29. The van der Waals surface area contributed by atoms with E-state index in [4.69, 9.17) is 10.5 Å². The predicted octanol–water partition coefficient (Wildman–Crippen LogP) is 3.28. The van der Waals surface area contributed by atoms with Crippen LogP contribution in [0.15, 0.2) is 36.4 Å². The Labute approximate surface area is 104 Å². The fourth-order valence-corrected chi connectivity index (χ4v) is 2.39. The summed E-state index contributed by atoms with van der Waals surface area (Å²) in [5, 5.41) is 17.4. The smallest absolute Gasteiger partial charge is 0.110 e. The van der Waals surface area contributed by atoms with Crippen molar-refractivity contribution >= 4 is 11.3 Å². The second-order valence-corrected chi connectivity index (χ2v) is 4.85. The zero-order chi connectivity index (χ0) is 12.1. The van der Waals surface area contributed by atoms with Crippen LogP contribution in [0.4, 0.5) is 0 Å². The highest BCUT2D eigenvalue weighted by atomic mass is 32.1. The second-order valence-electron chi connectivity index (χ2n) is 3.69. The fraction of sp³-hybridized carbons (Fsp3) is 0.143. The Hall–Kier alpha value is -2.10. The Morgan fingerprint density at radius 2 is 1.65 bits per heavy atom. The lowest BCUT2D eigenvalue weighted by Crippen LogP contribution is -1.88. The molecule has 1 aromatic carbocycles. The van der Waals surface area contributed by atoms with E-state index in [0.717, 1.165) is 17.7 Å². The second kappa shape index (κ2) is 5.30. The molecule has 0 N–H and O–H groups in total. The normalized spacial score (nSPS) is 9.53. The summed E-state index contributed by atoms with van der Waals surface area (Å²) in [6, 6.07) is 15.8. The molecule has 1 heterocycles. The number of rotatable bonds is 3. The summed E-state index contributed by atoms with van der Waals surface area (Å²) in [5.41, 5.74) is 1.91. The molecule has 0 aliphatic carbocycles. The molecule has 0 aliphatic rings. The zero-order valence-corrected chi connectivity index (χ0v) is 10.00. The molecule has 2 aromatic rings. The number of aryl methyl sites for hydroxylation is 2. The van der Waals surface area contributed by atoms with Gasteiger partial charge in [0, 0.05) is 4.88 Å². The first-order valence-corrected chi connectivity index (χ1v) is 6.11. The highest BCUT2D eigenvalue weighted by Gasteiger charge is 2.00. The van der Waals surface area contributed by atoms with Gasteiger partial charge in [-0.15, -0.1) is 11.3 Å². The van der Waals surface area contributed by atoms with Crippen LogP contribution in [0.2, 0.25) is 0 Å². The summed E-state index contributed by atoms with van der Waals surface area (Å²) in [6.07, 6.45) is 1.88. The minimum atomic E-state index is 0.691. The number of benzene rings is 1. The van der Waals surface area contributed by atoms with Gasteiger partial charge in [-0.25, -0.2) is 0 Å². The standard InChI is InChI=1S/C14H10N2S/c15-9-12-3-1-11(2-4-12)5-6-13-7-8-14(10-16)17-13/h1-4,7-8H,5-6H2. The average molecular weight is 238 g/mol. The van der Waals surface area contributed by atoms with Crippen LogP contribution < -0.4 is 0 Å². The topological polar surface area (TPSA) is 47.6 Å². The number of thiophene rings is 1. The number of hydrogen-bond donors (Lipinski definition) is 0. The molecule has 0 radical (unpaired) electrons. The van der Waals surface area contributed by atoms with Gasteiger partial charge in [-0.05, 0) is 42.7 Å². The van der Waals surface area contributed by atoms with Crippen LogP contribution in [0.1, 0.15) is 20.9 Å². The van der Waals surface area contributed by atoms with E-state index in [1.54, 1.807) is 11.3 Å². The van der Waals surface area contributed by atoms with Crippen LogP contribution in [0, 0.1) is 22.7 Å². The monoisotopic (exact) mass is 238 g/mol. The molecular formula is C14H10N2S. The van der Waals surface area contributed by atoms with Crippen LogP contribution in [-0.2, 0) is 12.8 Å². The minimum Gasteiger partial charge on any atom is -0.192 e. The third kappa shape index (κ3) is 2.93. The van der Waals surface area contributed by atoms with Crippen molar-refractivity contribution in [3.63, 3.8) is 0 Å². The number of nitriles is 2. The van der Waals surface area contributed by atoms with Crippen LogP contribution in [0.25, 0.3) is 0 Å². The Kier molecular flexibility index (Phi) is 3.55. The van der Waals surface area contributed by atoms with Gasteiger partial charge in [-0.2, -0.15) is 10.5 Å². The average Bonchev–Trinajstić information content (AvgIpc) is 2.85. The van der Waals surface area contributed by atoms with Crippen LogP contribution in [0.5, 0.6) is 0 Å². The van der Waals surface area contributed by atoms with Gasteiger partial charge in [0.15, 0.2) is 0 Å². The first kappa shape index (κ1) is 11.4. The van der Waals surface area contributed by atoms with E-state index in [0.29, 0.717) is 5.56 Å². The van der Waals surface area contributed by atoms with Gasteiger partial charge in [0.1, 0.15) is 10.9 Å². The van der Waals surface area contributed by atoms with Gasteiger partial charge in [-0.1, -0.05) is 12.1 Å². The molecule has 17 heavy (non-hydrogen) atoms. The number of hydrogen-bond acceptors (Lipinski definition) is 3. The van der Waals surface area contributed by atoms with Gasteiger partial charge in [0.25, 0.3) is 0 Å². The van der Waals surface area contributed by atoms with E-state index < -0.39 is 0 Å². The molecular weight excluding hydrogens is 228 g/mol. The van der Waals surface area contributed by atoms with E-state index in [9.17, 15) is 0 Å². The SMILES string of the molecule is N#Cc1ccc(CCc2ccc(C#N)s2)cc1. The molecule has 82 valence electrons. The molecule has 2 nitrogen and oxygen atoms in total. The van der Waals surface area contributed by atoms with Crippen molar-refractivity contribution in [1.29, 1.82) is 10.5 Å². The van der Waals surface area contributed by atoms with E-state index >= 15 is 0 Å². The lowest BCUT2D eigenvalue weighted by molar-refractivity contribution is 0.981. The van der Waals surface area contributed by atoms with E-state index in [-0.39, 0.29) is 0 Å². The van der Waals surface area contributed by atoms with Crippen molar-refractivity contribution in [1.82, 2.24) is 0 Å². The Morgan fingerprint density at radius 1 is 0.882 bits per heavy atom. The van der Waals surface area contributed by atoms with Gasteiger partial charge in [0.2, 0.25) is 0 Å². The summed E-state index contributed by atoms with van der Waals surface area (Å²) in [6.45, 7) is 0. The van der Waals surface area contributed by atoms with Crippen LogP contribution in [-0.4, -0.2) is 0 Å². The van der Waals surface area contributed by atoms with E-state index in [2.05, 4.69) is 12.1 Å². The van der Waals surface area contributed by atoms with Gasteiger partial charge >= 0.3 is 0 Å². The van der Waals surface area contributed by atoms with Gasteiger partial charge in [0.05, 0.1) is 11.6 Å². The van der Waals surface area contributed by atoms with Crippen molar-refractivity contribution in [2.75, 3.05) is 0 Å². The number of nitrogens with zero attached hydrogens (tertiary/aromatic N) is 2. The third-order valence-corrected chi connectivity index (χ3v) is 3.56. The largest absolute Gasteiger partial charge is 0.192 e. The summed E-state index contributed by atoms with van der Waals surface area (Å²) in [5.74, 6) is 0. The summed E-state index contributed by atoms with van der Waals surface area (Å²) < 4.78 is 0. The molecule has 0 aliphatic heterocycles. The Balaban J connectivity index is 1.98. The Morgan fingerprint density at radius 3 is 2.24 bits per heavy atom. The fourth-order valence-electron chi connectivity index (χ4n) is 1.59. The van der Waals surface area contributed by atoms with Crippen molar-refractivity contribution in [3.05, 3.63) is 57.3 Å².